The Bertz CT molecular complexity index is 447. The maximum absolute atomic E-state index is 8.62. The SMILES string of the molecule is CC(C#N)=CC=C(C)Cc1ccc(Br)cc1. The Balaban J connectivity index is 2.68. The summed E-state index contributed by atoms with van der Waals surface area (Å²) in [7, 11) is 0. The molecule has 0 unspecified atom stereocenters. The van der Waals surface area contributed by atoms with E-state index in [1.165, 1.54) is 11.1 Å². The Morgan fingerprint density at radius 1 is 1.25 bits per heavy atom. The van der Waals surface area contributed by atoms with Crippen LogP contribution in [0.5, 0.6) is 0 Å². The van der Waals surface area contributed by atoms with E-state index in [1.54, 1.807) is 0 Å². The van der Waals surface area contributed by atoms with Gasteiger partial charge >= 0.3 is 0 Å². The van der Waals surface area contributed by atoms with Gasteiger partial charge in [-0.3, -0.25) is 0 Å². The first-order chi connectivity index (χ1) is 7.61. The van der Waals surface area contributed by atoms with E-state index in [2.05, 4.69) is 41.1 Å². The average molecular weight is 276 g/mol. The van der Waals surface area contributed by atoms with Gasteiger partial charge in [-0.15, -0.1) is 0 Å². The molecule has 2 heteroatoms. The first-order valence-electron chi connectivity index (χ1n) is 5.10. The van der Waals surface area contributed by atoms with E-state index < -0.39 is 0 Å². The van der Waals surface area contributed by atoms with Crippen molar-refractivity contribution in [1.29, 1.82) is 5.26 Å². The van der Waals surface area contributed by atoms with Crippen molar-refractivity contribution < 1.29 is 0 Å². The maximum atomic E-state index is 8.62. The molecule has 0 amide bonds. The smallest absolute Gasteiger partial charge is 0.0944 e. The van der Waals surface area contributed by atoms with Gasteiger partial charge in [0.25, 0.3) is 0 Å². The first-order valence-corrected chi connectivity index (χ1v) is 5.89. The van der Waals surface area contributed by atoms with E-state index in [0.29, 0.717) is 0 Å². The second kappa shape index (κ2) is 6.30. The number of nitriles is 1. The fourth-order valence-corrected chi connectivity index (χ4v) is 1.55. The molecule has 0 heterocycles. The second-order valence-electron chi connectivity index (χ2n) is 3.78. The summed E-state index contributed by atoms with van der Waals surface area (Å²) in [6.07, 6.45) is 4.78. The van der Waals surface area contributed by atoms with Crippen molar-refractivity contribution in [1.82, 2.24) is 0 Å². The highest BCUT2D eigenvalue weighted by atomic mass is 79.9. The van der Waals surface area contributed by atoms with E-state index in [4.69, 9.17) is 5.26 Å². The minimum Gasteiger partial charge on any atom is -0.193 e. The Morgan fingerprint density at radius 2 is 1.88 bits per heavy atom. The Morgan fingerprint density at radius 3 is 2.44 bits per heavy atom. The molecule has 0 radical (unpaired) electrons. The summed E-state index contributed by atoms with van der Waals surface area (Å²) < 4.78 is 1.10. The number of hydrogen-bond donors (Lipinski definition) is 0. The maximum Gasteiger partial charge on any atom is 0.0944 e. The van der Waals surface area contributed by atoms with Crippen molar-refractivity contribution in [3.05, 3.63) is 57.6 Å². The highest BCUT2D eigenvalue weighted by molar-refractivity contribution is 9.10. The predicted molar refractivity (Wildman–Crippen MR) is 71.0 cm³/mol. The van der Waals surface area contributed by atoms with Gasteiger partial charge in [0, 0.05) is 10.0 Å². The number of allylic oxidation sites excluding steroid dienone is 4. The quantitative estimate of drug-likeness (QED) is 0.592. The van der Waals surface area contributed by atoms with Crippen LogP contribution in [0.25, 0.3) is 0 Å². The number of hydrogen-bond acceptors (Lipinski definition) is 1. The molecule has 0 N–H and O–H groups in total. The van der Waals surface area contributed by atoms with Gasteiger partial charge in [0.2, 0.25) is 0 Å². The lowest BCUT2D eigenvalue weighted by molar-refractivity contribution is 1.14. The van der Waals surface area contributed by atoms with Gasteiger partial charge in [0.05, 0.1) is 6.07 Å². The van der Waals surface area contributed by atoms with Gasteiger partial charge in [0.15, 0.2) is 0 Å². The van der Waals surface area contributed by atoms with Crippen molar-refractivity contribution >= 4 is 15.9 Å². The Labute approximate surface area is 105 Å². The molecule has 1 aromatic rings. The van der Waals surface area contributed by atoms with E-state index >= 15 is 0 Å². The molecule has 0 spiro atoms. The molecule has 0 bridgehead atoms. The molecule has 0 aliphatic rings. The van der Waals surface area contributed by atoms with Gasteiger partial charge in [-0.2, -0.15) is 5.26 Å². The van der Waals surface area contributed by atoms with Crippen LogP contribution in [0, 0.1) is 11.3 Å². The van der Waals surface area contributed by atoms with E-state index in [1.807, 2.05) is 31.2 Å². The van der Waals surface area contributed by atoms with Gasteiger partial charge < -0.3 is 0 Å². The molecule has 0 aromatic heterocycles. The molecule has 0 atom stereocenters. The van der Waals surface area contributed by atoms with Gasteiger partial charge in [-0.25, -0.2) is 0 Å². The fraction of sp³-hybridized carbons (Fsp3) is 0.214. The lowest BCUT2D eigenvalue weighted by Gasteiger charge is -2.01. The van der Waals surface area contributed by atoms with Crippen LogP contribution in [0.4, 0.5) is 0 Å². The van der Waals surface area contributed by atoms with Crippen LogP contribution in [-0.4, -0.2) is 0 Å². The standard InChI is InChI=1S/C14H14BrN/c1-11(3-4-12(2)10-16)9-13-5-7-14(15)8-6-13/h3-8H,9H2,1-2H3. The largest absolute Gasteiger partial charge is 0.193 e. The summed E-state index contributed by atoms with van der Waals surface area (Å²) in [5, 5.41) is 8.62. The van der Waals surface area contributed by atoms with Gasteiger partial charge in [0.1, 0.15) is 0 Å². The fourth-order valence-electron chi connectivity index (χ4n) is 1.29. The van der Waals surface area contributed by atoms with Crippen LogP contribution in [0.3, 0.4) is 0 Å². The molecular weight excluding hydrogens is 262 g/mol. The van der Waals surface area contributed by atoms with Crippen molar-refractivity contribution in [2.75, 3.05) is 0 Å². The minimum atomic E-state index is 0.732. The number of benzene rings is 1. The van der Waals surface area contributed by atoms with Gasteiger partial charge in [-0.05, 0) is 44.0 Å². The van der Waals surface area contributed by atoms with Gasteiger partial charge in [-0.1, -0.05) is 39.7 Å². The topological polar surface area (TPSA) is 23.8 Å². The Hall–Kier alpha value is -1.33. The third-order valence-corrected chi connectivity index (χ3v) is 2.72. The normalized spacial score (nSPS) is 12.4. The van der Waals surface area contributed by atoms with Crippen LogP contribution in [0.1, 0.15) is 19.4 Å². The summed E-state index contributed by atoms with van der Waals surface area (Å²) in [6, 6.07) is 10.4. The Kier molecular flexibility index (Phi) is 5.01. The van der Waals surface area contributed by atoms with Crippen molar-refractivity contribution in [2.24, 2.45) is 0 Å². The first kappa shape index (κ1) is 12.7. The highest BCUT2D eigenvalue weighted by Gasteiger charge is 1.94. The lowest BCUT2D eigenvalue weighted by atomic mass is 10.1. The van der Waals surface area contributed by atoms with Crippen LogP contribution < -0.4 is 0 Å². The third-order valence-electron chi connectivity index (χ3n) is 2.19. The van der Waals surface area contributed by atoms with Crippen molar-refractivity contribution in [3.8, 4) is 6.07 Å². The van der Waals surface area contributed by atoms with Crippen LogP contribution >= 0.6 is 15.9 Å². The summed E-state index contributed by atoms with van der Waals surface area (Å²) in [4.78, 5) is 0. The zero-order valence-corrected chi connectivity index (χ0v) is 11.1. The number of nitrogens with zero attached hydrogens (tertiary/aromatic N) is 1. The zero-order chi connectivity index (χ0) is 12.0. The van der Waals surface area contributed by atoms with E-state index in [0.717, 1.165) is 16.5 Å². The predicted octanol–water partition coefficient (Wildman–Crippen LogP) is 4.41. The summed E-state index contributed by atoms with van der Waals surface area (Å²) in [6.45, 7) is 3.88. The zero-order valence-electron chi connectivity index (χ0n) is 9.50. The molecular formula is C14H14BrN. The van der Waals surface area contributed by atoms with E-state index in [-0.39, 0.29) is 0 Å². The molecule has 0 aliphatic carbocycles. The molecule has 1 nitrogen and oxygen atoms in total. The van der Waals surface area contributed by atoms with Crippen LogP contribution in [0.15, 0.2) is 52.0 Å². The van der Waals surface area contributed by atoms with Crippen LogP contribution in [0.2, 0.25) is 0 Å². The summed E-state index contributed by atoms with van der Waals surface area (Å²) >= 11 is 3.41. The van der Waals surface area contributed by atoms with Crippen molar-refractivity contribution in [2.45, 2.75) is 20.3 Å². The second-order valence-corrected chi connectivity index (χ2v) is 4.69. The molecule has 16 heavy (non-hydrogen) atoms. The third kappa shape index (κ3) is 4.46. The molecule has 0 aliphatic heterocycles. The summed E-state index contributed by atoms with van der Waals surface area (Å²) in [5.41, 5.74) is 3.26. The highest BCUT2D eigenvalue weighted by Crippen LogP contribution is 2.13. The average Bonchev–Trinajstić information content (AvgIpc) is 2.29. The molecule has 1 rings (SSSR count). The summed E-state index contributed by atoms with van der Waals surface area (Å²) in [5.74, 6) is 0. The van der Waals surface area contributed by atoms with E-state index in [9.17, 15) is 0 Å². The number of halogens is 1. The molecule has 1 aromatic carbocycles. The number of rotatable bonds is 3. The monoisotopic (exact) mass is 275 g/mol. The molecule has 0 saturated carbocycles. The minimum absolute atomic E-state index is 0.732. The molecule has 0 saturated heterocycles. The van der Waals surface area contributed by atoms with Crippen LogP contribution in [-0.2, 0) is 6.42 Å². The molecule has 0 fully saturated rings. The molecule has 82 valence electrons. The lowest BCUT2D eigenvalue weighted by Crippen LogP contribution is -1.85. The van der Waals surface area contributed by atoms with Crippen molar-refractivity contribution in [3.63, 3.8) is 0 Å².